The van der Waals surface area contributed by atoms with E-state index in [-0.39, 0.29) is 17.5 Å². The number of nitrogens with one attached hydrogen (secondary N) is 1. The minimum atomic E-state index is -0.333. The van der Waals surface area contributed by atoms with Gasteiger partial charge in [-0.3, -0.25) is 14.8 Å². The number of carbonyl (C=O) groups is 1. The van der Waals surface area contributed by atoms with E-state index in [1.807, 2.05) is 18.2 Å². The lowest BCUT2D eigenvalue weighted by atomic mass is 10.0. The van der Waals surface area contributed by atoms with Crippen LogP contribution in [0.25, 0.3) is 10.9 Å². The fraction of sp³-hybridized carbons (Fsp3) is 0.0588. The first-order chi connectivity index (χ1) is 10.5. The van der Waals surface area contributed by atoms with Gasteiger partial charge in [-0.2, -0.15) is 0 Å². The normalized spacial score (nSPS) is 10.8. The molecule has 0 aliphatic carbocycles. The lowest BCUT2D eigenvalue weighted by molar-refractivity contribution is 0.0933. The minimum absolute atomic E-state index is 0.160. The molecule has 0 saturated carbocycles. The number of aromatic nitrogens is 1. The number of carbonyl (C=O) groups excluding carboxylic acids is 1. The highest BCUT2D eigenvalue weighted by Crippen LogP contribution is 2.34. The Balaban J connectivity index is 2.33. The van der Waals surface area contributed by atoms with Gasteiger partial charge in [0.2, 0.25) is 11.8 Å². The number of hydrogen-bond donors (Lipinski definition) is 3. The molecule has 0 bridgehead atoms. The molecule has 0 unspecified atom stereocenters. The third-order valence-corrected chi connectivity index (χ3v) is 3.59. The number of benzene rings is 2. The van der Waals surface area contributed by atoms with Crippen LogP contribution in [0.3, 0.4) is 0 Å². The highest BCUT2D eigenvalue weighted by atomic mass is 16.3. The Bertz CT molecular complexity index is 895. The van der Waals surface area contributed by atoms with Crippen LogP contribution in [0.4, 0.5) is 5.69 Å². The number of anilines is 1. The third-order valence-electron chi connectivity index (χ3n) is 3.59. The van der Waals surface area contributed by atoms with Gasteiger partial charge in [-0.25, -0.2) is 0 Å². The minimum Gasteiger partial charge on any atom is -0.494 e. The van der Waals surface area contributed by atoms with Gasteiger partial charge < -0.3 is 10.8 Å². The Kier molecular flexibility index (Phi) is 3.18. The van der Waals surface area contributed by atoms with Gasteiger partial charge in [0.25, 0.3) is 0 Å². The number of fused-ring (bicyclic) bond motifs is 1. The maximum Gasteiger partial charge on any atom is 0.230 e. The van der Waals surface area contributed by atoms with Crippen LogP contribution in [0.5, 0.6) is 5.88 Å². The molecule has 4 N–H and O–H groups in total. The van der Waals surface area contributed by atoms with Crippen LogP contribution >= 0.6 is 0 Å². The van der Waals surface area contributed by atoms with Crippen molar-refractivity contribution in [1.82, 2.24) is 4.57 Å². The Morgan fingerprint density at radius 3 is 2.50 bits per heavy atom. The first-order valence-corrected chi connectivity index (χ1v) is 6.79. The zero-order valence-corrected chi connectivity index (χ0v) is 12.0. The third kappa shape index (κ3) is 2.03. The van der Waals surface area contributed by atoms with Crippen molar-refractivity contribution >= 4 is 28.2 Å². The Morgan fingerprint density at radius 2 is 1.86 bits per heavy atom. The van der Waals surface area contributed by atoms with Crippen molar-refractivity contribution in [3.63, 3.8) is 0 Å². The summed E-state index contributed by atoms with van der Waals surface area (Å²) >= 11 is 0. The van der Waals surface area contributed by atoms with Crippen molar-refractivity contribution < 1.29 is 9.90 Å². The summed E-state index contributed by atoms with van der Waals surface area (Å²) in [5.41, 5.74) is 7.93. The van der Waals surface area contributed by atoms with Gasteiger partial charge in [-0.05, 0) is 18.2 Å². The predicted molar refractivity (Wildman–Crippen MR) is 86.7 cm³/mol. The summed E-state index contributed by atoms with van der Waals surface area (Å²) in [6.07, 6.45) is 0. The maximum atomic E-state index is 11.9. The van der Waals surface area contributed by atoms with E-state index in [0.29, 0.717) is 27.7 Å². The highest BCUT2D eigenvalue weighted by molar-refractivity contribution is 6.21. The zero-order valence-electron chi connectivity index (χ0n) is 12.0. The van der Waals surface area contributed by atoms with Crippen molar-refractivity contribution in [3.8, 4) is 5.88 Å². The van der Waals surface area contributed by atoms with Crippen LogP contribution in [0.2, 0.25) is 0 Å². The molecule has 3 rings (SSSR count). The van der Waals surface area contributed by atoms with Gasteiger partial charge in [0.05, 0.1) is 16.8 Å². The smallest absolute Gasteiger partial charge is 0.230 e. The van der Waals surface area contributed by atoms with Crippen molar-refractivity contribution in [2.45, 2.75) is 6.92 Å². The van der Waals surface area contributed by atoms with Crippen molar-refractivity contribution in [1.29, 1.82) is 5.41 Å². The van der Waals surface area contributed by atoms with E-state index in [9.17, 15) is 9.90 Å². The van der Waals surface area contributed by atoms with Gasteiger partial charge in [-0.1, -0.05) is 30.3 Å². The molecule has 1 heterocycles. The van der Waals surface area contributed by atoms with E-state index in [4.69, 9.17) is 11.1 Å². The summed E-state index contributed by atoms with van der Waals surface area (Å²) in [6, 6.07) is 14.1. The molecular formula is C17H15N3O2. The molecule has 0 aliphatic rings. The second kappa shape index (κ2) is 5.04. The first kappa shape index (κ1) is 13.9. The van der Waals surface area contributed by atoms with Crippen LogP contribution in [0.1, 0.15) is 22.8 Å². The molecule has 0 aliphatic heterocycles. The second-order valence-corrected chi connectivity index (χ2v) is 5.07. The number of rotatable bonds is 2. The Morgan fingerprint density at radius 1 is 1.18 bits per heavy atom. The molecule has 22 heavy (non-hydrogen) atoms. The van der Waals surface area contributed by atoms with Crippen LogP contribution in [0, 0.1) is 5.41 Å². The van der Waals surface area contributed by atoms with Gasteiger partial charge in [-0.15, -0.1) is 0 Å². The number of aromatic hydroxyl groups is 1. The molecule has 0 radical (unpaired) electrons. The molecule has 0 amide bonds. The van der Waals surface area contributed by atoms with Gasteiger partial charge in [0.15, 0.2) is 0 Å². The Hall–Kier alpha value is -3.08. The molecule has 110 valence electrons. The standard InChI is InChI=1S/C17H15N3O2/c1-10(21)20-14-9-12(18)7-8-13(14)15(17(20)22)16(19)11-5-3-2-4-6-11/h2-9,19,22H,18H2,1H3. The summed E-state index contributed by atoms with van der Waals surface area (Å²) < 4.78 is 1.18. The molecule has 3 aromatic rings. The summed E-state index contributed by atoms with van der Waals surface area (Å²) in [4.78, 5) is 11.9. The Labute approximate surface area is 127 Å². The van der Waals surface area contributed by atoms with E-state index < -0.39 is 0 Å². The van der Waals surface area contributed by atoms with E-state index >= 15 is 0 Å². The molecule has 0 saturated heterocycles. The van der Waals surface area contributed by atoms with E-state index in [2.05, 4.69) is 0 Å². The largest absolute Gasteiger partial charge is 0.494 e. The van der Waals surface area contributed by atoms with Gasteiger partial charge in [0.1, 0.15) is 0 Å². The van der Waals surface area contributed by atoms with Gasteiger partial charge in [0, 0.05) is 23.6 Å². The van der Waals surface area contributed by atoms with E-state index in [1.54, 1.807) is 30.3 Å². The summed E-state index contributed by atoms with van der Waals surface area (Å²) in [5, 5.41) is 19.5. The topological polar surface area (TPSA) is 92.1 Å². The summed E-state index contributed by atoms with van der Waals surface area (Å²) in [6.45, 7) is 1.36. The van der Waals surface area contributed by atoms with Crippen molar-refractivity contribution in [3.05, 3.63) is 59.7 Å². The average molecular weight is 293 g/mol. The second-order valence-electron chi connectivity index (χ2n) is 5.07. The SMILES string of the molecule is CC(=O)n1c(O)c(C(=N)c2ccccc2)c2ccc(N)cc21. The molecule has 1 aromatic heterocycles. The lowest BCUT2D eigenvalue weighted by Crippen LogP contribution is -2.06. The zero-order chi connectivity index (χ0) is 15.9. The monoisotopic (exact) mass is 293 g/mol. The van der Waals surface area contributed by atoms with Crippen LogP contribution < -0.4 is 5.73 Å². The summed E-state index contributed by atoms with van der Waals surface area (Å²) in [7, 11) is 0. The molecule has 5 nitrogen and oxygen atoms in total. The number of nitrogen functional groups attached to an aromatic ring is 1. The lowest BCUT2D eigenvalue weighted by Gasteiger charge is -2.04. The van der Waals surface area contributed by atoms with Crippen LogP contribution in [-0.2, 0) is 0 Å². The molecule has 0 atom stereocenters. The fourth-order valence-electron chi connectivity index (χ4n) is 2.61. The quantitative estimate of drug-likeness (QED) is 0.501. The molecule has 5 heteroatoms. The number of nitrogens with zero attached hydrogens (tertiary/aromatic N) is 1. The first-order valence-electron chi connectivity index (χ1n) is 6.79. The molecule has 0 fully saturated rings. The van der Waals surface area contributed by atoms with E-state index in [1.165, 1.54) is 11.5 Å². The van der Waals surface area contributed by atoms with Crippen molar-refractivity contribution in [2.24, 2.45) is 0 Å². The van der Waals surface area contributed by atoms with E-state index in [0.717, 1.165) is 0 Å². The van der Waals surface area contributed by atoms with Gasteiger partial charge >= 0.3 is 0 Å². The van der Waals surface area contributed by atoms with Crippen LogP contribution in [-0.4, -0.2) is 21.3 Å². The summed E-state index contributed by atoms with van der Waals surface area (Å²) in [5.74, 6) is -0.567. The predicted octanol–water partition coefficient (Wildman–Crippen LogP) is 3.01. The molecule has 0 spiro atoms. The highest BCUT2D eigenvalue weighted by Gasteiger charge is 2.22. The van der Waals surface area contributed by atoms with Crippen LogP contribution in [0.15, 0.2) is 48.5 Å². The molecular weight excluding hydrogens is 278 g/mol. The average Bonchev–Trinajstić information content (AvgIpc) is 2.78. The fourth-order valence-corrected chi connectivity index (χ4v) is 2.61. The van der Waals surface area contributed by atoms with Crippen molar-refractivity contribution in [2.75, 3.05) is 5.73 Å². The number of hydrogen-bond acceptors (Lipinski definition) is 4. The number of nitrogens with two attached hydrogens (primary N) is 1. The maximum absolute atomic E-state index is 11.9. The molecule has 2 aromatic carbocycles.